The number of nitrogens with one attached hydrogen (secondary N) is 1. The number of nitrogens with zero attached hydrogens (tertiary/aromatic N) is 1. The van der Waals surface area contributed by atoms with Gasteiger partial charge in [-0.25, -0.2) is 0 Å². The summed E-state index contributed by atoms with van der Waals surface area (Å²) in [4.78, 5) is 1.40. The molecule has 1 atom stereocenters. The second kappa shape index (κ2) is 4.47. The Kier molecular flexibility index (Phi) is 3.20. The maximum atomic E-state index is 12.7. The van der Waals surface area contributed by atoms with Crippen LogP contribution in [0.4, 0.5) is 13.2 Å². The van der Waals surface area contributed by atoms with Crippen molar-refractivity contribution in [1.29, 1.82) is 0 Å². The molecule has 0 radical (unpaired) electrons. The molecule has 90 valence electrons. The van der Waals surface area contributed by atoms with Crippen molar-refractivity contribution >= 4 is 0 Å². The highest BCUT2D eigenvalue weighted by molar-refractivity contribution is 4.99. The van der Waals surface area contributed by atoms with Crippen LogP contribution in [0.1, 0.15) is 5.76 Å². The molecule has 0 spiro atoms. The Hall–Kier alpha value is -1.01. The lowest BCUT2D eigenvalue weighted by atomic mass is 10.2. The van der Waals surface area contributed by atoms with Gasteiger partial charge in [0.2, 0.25) is 0 Å². The summed E-state index contributed by atoms with van der Waals surface area (Å²) in [5.41, 5.74) is 0. The monoisotopic (exact) mass is 234 g/mol. The van der Waals surface area contributed by atoms with Crippen LogP contribution >= 0.6 is 0 Å². The van der Waals surface area contributed by atoms with Gasteiger partial charge in [0, 0.05) is 19.6 Å². The zero-order valence-electron chi connectivity index (χ0n) is 8.63. The van der Waals surface area contributed by atoms with Gasteiger partial charge in [-0.05, 0) is 12.1 Å². The first kappa shape index (κ1) is 11.5. The molecule has 0 saturated carbocycles. The highest BCUT2D eigenvalue weighted by Crippen LogP contribution is 2.26. The highest BCUT2D eigenvalue weighted by Gasteiger charge is 2.44. The van der Waals surface area contributed by atoms with Crippen molar-refractivity contribution in [2.75, 3.05) is 19.6 Å². The minimum Gasteiger partial charge on any atom is -0.468 e. The van der Waals surface area contributed by atoms with Gasteiger partial charge in [0.25, 0.3) is 0 Å². The molecule has 1 fully saturated rings. The average molecular weight is 234 g/mol. The van der Waals surface area contributed by atoms with Crippen molar-refractivity contribution in [2.24, 2.45) is 0 Å². The topological polar surface area (TPSA) is 28.4 Å². The van der Waals surface area contributed by atoms with Crippen LogP contribution in [0.15, 0.2) is 22.8 Å². The summed E-state index contributed by atoms with van der Waals surface area (Å²) < 4.78 is 43.2. The molecule has 2 rings (SSSR count). The Labute approximate surface area is 91.2 Å². The predicted molar refractivity (Wildman–Crippen MR) is 51.8 cm³/mol. The third-order valence-corrected chi connectivity index (χ3v) is 2.67. The minimum atomic E-state index is -4.19. The summed E-state index contributed by atoms with van der Waals surface area (Å²) in [5, 5.41) is 2.76. The lowest BCUT2D eigenvalue weighted by Gasteiger charge is -2.36. The van der Waals surface area contributed by atoms with Crippen molar-refractivity contribution in [2.45, 2.75) is 18.8 Å². The van der Waals surface area contributed by atoms with E-state index in [9.17, 15) is 13.2 Å². The molecule has 1 N–H and O–H groups in total. The fourth-order valence-corrected chi connectivity index (χ4v) is 1.86. The molecule has 1 unspecified atom stereocenters. The third kappa shape index (κ3) is 2.56. The van der Waals surface area contributed by atoms with Gasteiger partial charge in [0.1, 0.15) is 11.8 Å². The van der Waals surface area contributed by atoms with Crippen LogP contribution in [0, 0.1) is 0 Å². The summed E-state index contributed by atoms with van der Waals surface area (Å²) in [5.74, 6) is 0.566. The molecule has 1 aromatic heterocycles. The predicted octanol–water partition coefficient (Wildman–Crippen LogP) is 1.62. The lowest BCUT2D eigenvalue weighted by molar-refractivity contribution is -0.189. The van der Waals surface area contributed by atoms with Crippen molar-refractivity contribution in [3.05, 3.63) is 24.2 Å². The quantitative estimate of drug-likeness (QED) is 0.842. The average Bonchev–Trinajstić information content (AvgIpc) is 2.70. The summed E-state index contributed by atoms with van der Waals surface area (Å²) in [7, 11) is 0. The number of hydrogen-bond donors (Lipinski definition) is 1. The van der Waals surface area contributed by atoms with E-state index in [1.54, 1.807) is 12.1 Å². The minimum absolute atomic E-state index is 0.0514. The second-order valence-electron chi connectivity index (χ2n) is 3.81. The summed E-state index contributed by atoms with van der Waals surface area (Å²) >= 11 is 0. The second-order valence-corrected chi connectivity index (χ2v) is 3.81. The molecule has 6 heteroatoms. The molecule has 0 aromatic carbocycles. The Balaban J connectivity index is 2.05. The number of hydrogen-bond acceptors (Lipinski definition) is 3. The fourth-order valence-electron chi connectivity index (χ4n) is 1.86. The normalized spacial score (nSPS) is 23.6. The highest BCUT2D eigenvalue weighted by atomic mass is 19.4. The maximum absolute atomic E-state index is 12.7. The van der Waals surface area contributed by atoms with Gasteiger partial charge in [0.05, 0.1) is 12.8 Å². The molecule has 1 aliphatic rings. The summed E-state index contributed by atoms with van der Waals surface area (Å²) in [6.07, 6.45) is -2.72. The molecule has 1 saturated heterocycles. The van der Waals surface area contributed by atoms with Gasteiger partial charge >= 0.3 is 6.18 Å². The van der Waals surface area contributed by atoms with Crippen LogP contribution in [0.5, 0.6) is 0 Å². The van der Waals surface area contributed by atoms with E-state index in [2.05, 4.69) is 5.32 Å². The van der Waals surface area contributed by atoms with E-state index >= 15 is 0 Å². The van der Waals surface area contributed by atoms with Gasteiger partial charge < -0.3 is 9.73 Å². The van der Waals surface area contributed by atoms with E-state index in [-0.39, 0.29) is 13.1 Å². The first-order valence-electron chi connectivity index (χ1n) is 5.11. The Morgan fingerprint density at radius 3 is 2.94 bits per heavy atom. The molecule has 3 nitrogen and oxygen atoms in total. The molecule has 1 aromatic rings. The van der Waals surface area contributed by atoms with Crippen LogP contribution < -0.4 is 5.32 Å². The van der Waals surface area contributed by atoms with Gasteiger partial charge in [-0.1, -0.05) is 0 Å². The largest absolute Gasteiger partial charge is 0.468 e. The summed E-state index contributed by atoms with van der Waals surface area (Å²) in [6.45, 7) is 1.11. The van der Waals surface area contributed by atoms with Crippen LogP contribution in [0.3, 0.4) is 0 Å². The van der Waals surface area contributed by atoms with Crippen molar-refractivity contribution < 1.29 is 17.6 Å². The SMILES string of the molecule is FC(F)(F)C1CNCCN1Cc1ccco1. The third-order valence-electron chi connectivity index (χ3n) is 2.67. The first-order valence-corrected chi connectivity index (χ1v) is 5.11. The van der Waals surface area contributed by atoms with Gasteiger partial charge in [-0.15, -0.1) is 0 Å². The number of rotatable bonds is 2. The van der Waals surface area contributed by atoms with E-state index in [4.69, 9.17) is 4.42 Å². The molecule has 16 heavy (non-hydrogen) atoms. The van der Waals surface area contributed by atoms with Gasteiger partial charge in [-0.2, -0.15) is 13.2 Å². The molecule has 2 heterocycles. The summed E-state index contributed by atoms with van der Waals surface area (Å²) in [6, 6.07) is 1.95. The van der Waals surface area contributed by atoms with E-state index in [0.29, 0.717) is 18.8 Å². The number of furan rings is 1. The molecule has 0 amide bonds. The van der Waals surface area contributed by atoms with Gasteiger partial charge in [0.15, 0.2) is 0 Å². The zero-order valence-corrected chi connectivity index (χ0v) is 8.63. The number of alkyl halides is 3. The smallest absolute Gasteiger partial charge is 0.405 e. The zero-order chi connectivity index (χ0) is 11.6. The Morgan fingerprint density at radius 2 is 2.31 bits per heavy atom. The molecule has 0 bridgehead atoms. The lowest BCUT2D eigenvalue weighted by Crippen LogP contribution is -2.57. The van der Waals surface area contributed by atoms with Crippen LogP contribution in [-0.2, 0) is 6.54 Å². The Morgan fingerprint density at radius 1 is 1.50 bits per heavy atom. The Bertz CT molecular complexity index is 323. The van der Waals surface area contributed by atoms with Crippen LogP contribution in [0.2, 0.25) is 0 Å². The maximum Gasteiger partial charge on any atom is 0.405 e. The fraction of sp³-hybridized carbons (Fsp3) is 0.600. The van der Waals surface area contributed by atoms with E-state index in [1.165, 1.54) is 11.2 Å². The molecule has 1 aliphatic heterocycles. The van der Waals surface area contributed by atoms with E-state index in [1.807, 2.05) is 0 Å². The van der Waals surface area contributed by atoms with Crippen LogP contribution in [-0.4, -0.2) is 36.8 Å². The van der Waals surface area contributed by atoms with Crippen molar-refractivity contribution in [3.63, 3.8) is 0 Å². The number of halogens is 3. The van der Waals surface area contributed by atoms with Crippen molar-refractivity contribution in [1.82, 2.24) is 10.2 Å². The number of piperazine rings is 1. The standard InChI is InChI=1S/C10H13F3N2O/c11-10(12,13)9-6-14-3-4-15(9)7-8-2-1-5-16-8/h1-2,5,9,14H,3-4,6-7H2. The van der Waals surface area contributed by atoms with Crippen LogP contribution in [0.25, 0.3) is 0 Å². The van der Waals surface area contributed by atoms with E-state index in [0.717, 1.165) is 0 Å². The molecule has 0 aliphatic carbocycles. The molecular weight excluding hydrogens is 221 g/mol. The molecular formula is C10H13F3N2O. The first-order chi connectivity index (χ1) is 7.57. The van der Waals surface area contributed by atoms with Gasteiger partial charge in [-0.3, -0.25) is 4.90 Å². The van der Waals surface area contributed by atoms with E-state index < -0.39 is 12.2 Å². The van der Waals surface area contributed by atoms with Crippen molar-refractivity contribution in [3.8, 4) is 0 Å².